The Morgan fingerprint density at radius 1 is 0.485 bits per heavy atom. The van der Waals surface area contributed by atoms with Gasteiger partial charge in [-0.2, -0.15) is 0 Å². The third-order valence-corrected chi connectivity index (χ3v) is 9.76. The highest BCUT2D eigenvalue weighted by atomic mass is 35.5. The van der Waals surface area contributed by atoms with Gasteiger partial charge in [-0.25, -0.2) is 4.79 Å². The average molecular weight is 930 g/mol. The number of rotatable bonds is 15. The van der Waals surface area contributed by atoms with Crippen molar-refractivity contribution >= 4 is 75.4 Å². The lowest BCUT2D eigenvalue weighted by atomic mass is 10.0. The molecule has 5 N–H and O–H groups in total. The molecule has 6 aromatic carbocycles. The second-order valence-electron chi connectivity index (χ2n) is 16.6. The summed E-state index contributed by atoms with van der Waals surface area (Å²) in [5.41, 5.74) is 14.8. The summed E-state index contributed by atoms with van der Waals surface area (Å²) >= 11 is 9.53. The monoisotopic (exact) mass is 928 g/mol. The van der Waals surface area contributed by atoms with Crippen molar-refractivity contribution in [2.24, 2.45) is 0 Å². The van der Waals surface area contributed by atoms with Crippen molar-refractivity contribution in [2.75, 3.05) is 27.0 Å². The maximum Gasteiger partial charge on any atom is 0.412 e. The summed E-state index contributed by atoms with van der Waals surface area (Å²) in [6, 6.07) is 45.8. The van der Waals surface area contributed by atoms with Crippen molar-refractivity contribution in [3.63, 3.8) is 0 Å². The Morgan fingerprint density at radius 3 is 1.29 bits per heavy atom. The maximum atomic E-state index is 13.0. The SMILES string of the molecule is CC(=O)Cc1ccc(C(=O)Nc2cc(CCc3ccccc3)ccc2N)cc1.CC(=O)Cc1ccc(C(=O)Nc2cc(CCc3ccccc3)ccc2NC(=O)OC(C)(C)C)cc1.ClCCl. The lowest BCUT2D eigenvalue weighted by Gasteiger charge is -2.21. The first kappa shape index (κ1) is 51.9. The highest BCUT2D eigenvalue weighted by Gasteiger charge is 2.19. The first-order valence-electron chi connectivity index (χ1n) is 21.5. The topological polar surface area (TPSA) is 157 Å². The van der Waals surface area contributed by atoms with Gasteiger partial charge < -0.3 is 21.1 Å². The average Bonchev–Trinajstić information content (AvgIpc) is 3.27. The minimum absolute atomic E-state index is 0.0624. The van der Waals surface area contributed by atoms with E-state index in [1.54, 1.807) is 82.3 Å². The number of alkyl halides is 2. The molecule has 0 atom stereocenters. The van der Waals surface area contributed by atoms with Gasteiger partial charge in [-0.1, -0.05) is 97.1 Å². The summed E-state index contributed by atoms with van der Waals surface area (Å²) in [5, 5.41) is 8.75. The zero-order valence-electron chi connectivity index (χ0n) is 38.1. The number of ether oxygens (including phenoxy) is 1. The molecule has 0 saturated carbocycles. The number of ketones is 2. The molecule has 3 amide bonds. The van der Waals surface area contributed by atoms with Crippen LogP contribution in [0.4, 0.5) is 27.5 Å². The van der Waals surface area contributed by atoms with Crippen molar-refractivity contribution in [1.82, 2.24) is 0 Å². The van der Waals surface area contributed by atoms with Crippen LogP contribution in [0.2, 0.25) is 0 Å². The summed E-state index contributed by atoms with van der Waals surface area (Å²) in [4.78, 5) is 60.5. The van der Waals surface area contributed by atoms with E-state index in [0.717, 1.165) is 47.9 Å². The quantitative estimate of drug-likeness (QED) is 0.0590. The molecule has 0 radical (unpaired) electrons. The Morgan fingerprint density at radius 2 is 0.864 bits per heavy atom. The molecule has 10 nitrogen and oxygen atoms in total. The van der Waals surface area contributed by atoms with Crippen LogP contribution in [0.25, 0.3) is 0 Å². The molecule has 0 aliphatic carbocycles. The minimum atomic E-state index is -0.648. The zero-order chi connectivity index (χ0) is 48.1. The molecule has 0 fully saturated rings. The Labute approximate surface area is 398 Å². The molecule has 0 aliphatic rings. The summed E-state index contributed by atoms with van der Waals surface area (Å²) < 4.78 is 5.38. The minimum Gasteiger partial charge on any atom is -0.444 e. The van der Waals surface area contributed by atoms with E-state index in [-0.39, 0.29) is 28.7 Å². The van der Waals surface area contributed by atoms with Crippen LogP contribution in [-0.2, 0) is 52.9 Å². The van der Waals surface area contributed by atoms with E-state index in [1.165, 1.54) is 18.1 Å². The Bertz CT molecular complexity index is 2530. The van der Waals surface area contributed by atoms with Crippen molar-refractivity contribution in [3.05, 3.63) is 190 Å². The summed E-state index contributed by atoms with van der Waals surface area (Å²) in [6.07, 6.45) is 3.53. The number of carbonyl (C=O) groups excluding carboxylic acids is 5. The van der Waals surface area contributed by atoms with Gasteiger partial charge in [0, 0.05) is 24.0 Å². The molecule has 0 aliphatic heterocycles. The van der Waals surface area contributed by atoms with Crippen LogP contribution in [0.3, 0.4) is 0 Å². The number of nitrogen functional groups attached to an aromatic ring is 1. The maximum absolute atomic E-state index is 13.0. The summed E-state index contributed by atoms with van der Waals surface area (Å²) in [7, 11) is 0. The van der Waals surface area contributed by atoms with Gasteiger partial charge in [-0.15, -0.1) is 23.2 Å². The molecule has 0 unspecified atom stereocenters. The third kappa shape index (κ3) is 18.8. The number of nitrogens with two attached hydrogens (primary N) is 1. The van der Waals surface area contributed by atoms with E-state index in [0.29, 0.717) is 46.7 Å². The van der Waals surface area contributed by atoms with E-state index < -0.39 is 11.7 Å². The molecule has 0 heterocycles. The number of amides is 3. The van der Waals surface area contributed by atoms with Crippen molar-refractivity contribution in [3.8, 4) is 0 Å². The Kier molecular flexibility index (Phi) is 20.6. The number of aryl methyl sites for hydroxylation is 4. The number of halogens is 2. The van der Waals surface area contributed by atoms with Crippen LogP contribution in [-0.4, -0.2) is 40.4 Å². The molecule has 12 heteroatoms. The van der Waals surface area contributed by atoms with Crippen LogP contribution in [0.15, 0.2) is 146 Å². The second-order valence-corrected chi connectivity index (χ2v) is 17.4. The van der Waals surface area contributed by atoms with Gasteiger partial charge in [0.25, 0.3) is 11.8 Å². The summed E-state index contributed by atoms with van der Waals surface area (Å²) in [5.74, 6) is -0.377. The standard InChI is InChI=1S/C29H32N2O4.C24H24N2O2.CH2Cl2/c1-20(32)18-22-12-15-24(16-13-22)27(33)30-26-19-23(11-10-21-8-6-5-7-9-21)14-17-25(26)31-28(34)35-29(2,3)4;1-17(27)15-19-9-12-21(13-10-19)24(28)26-23-16-20(11-14-22(23)25)8-7-18-5-3-2-4-6-18;2-1-3/h5-9,12-17,19H,10-11,18H2,1-4H3,(H,30,33)(H,31,34);2-6,9-14,16H,7-8,15,25H2,1H3,(H,26,28);1H2. The second kappa shape index (κ2) is 26.3. The number of nitrogens with one attached hydrogen (secondary N) is 3. The van der Waals surface area contributed by atoms with E-state index in [1.807, 2.05) is 66.7 Å². The first-order valence-corrected chi connectivity index (χ1v) is 22.6. The summed E-state index contributed by atoms with van der Waals surface area (Å²) in [6.45, 7) is 8.45. The Balaban J connectivity index is 0.000000278. The zero-order valence-corrected chi connectivity index (χ0v) is 39.6. The lowest BCUT2D eigenvalue weighted by Crippen LogP contribution is -2.27. The first-order chi connectivity index (χ1) is 31.5. The van der Waals surface area contributed by atoms with Crippen molar-refractivity contribution < 1.29 is 28.7 Å². The molecule has 0 aromatic heterocycles. The van der Waals surface area contributed by atoms with E-state index in [2.05, 4.69) is 40.2 Å². The van der Waals surface area contributed by atoms with E-state index in [4.69, 9.17) is 33.7 Å². The number of hydrogen-bond donors (Lipinski definition) is 4. The van der Waals surface area contributed by atoms with Gasteiger partial charge >= 0.3 is 6.09 Å². The largest absolute Gasteiger partial charge is 0.444 e. The molecular formula is C54H58Cl2N4O6. The predicted octanol–water partition coefficient (Wildman–Crippen LogP) is 12.1. The van der Waals surface area contributed by atoms with Crippen LogP contribution >= 0.6 is 23.2 Å². The number of hydrogen-bond acceptors (Lipinski definition) is 7. The predicted molar refractivity (Wildman–Crippen MR) is 269 cm³/mol. The number of anilines is 4. The van der Waals surface area contributed by atoms with Crippen LogP contribution in [0.1, 0.15) is 88.7 Å². The molecule has 6 rings (SSSR count). The molecular weight excluding hydrogens is 872 g/mol. The van der Waals surface area contributed by atoms with Crippen molar-refractivity contribution in [2.45, 2.75) is 78.7 Å². The highest BCUT2D eigenvalue weighted by molar-refractivity contribution is 6.40. The van der Waals surface area contributed by atoms with Crippen LogP contribution in [0, 0.1) is 0 Å². The molecule has 0 bridgehead atoms. The number of benzene rings is 6. The lowest BCUT2D eigenvalue weighted by molar-refractivity contribution is -0.117. The molecule has 0 spiro atoms. The highest BCUT2D eigenvalue weighted by Crippen LogP contribution is 2.27. The van der Waals surface area contributed by atoms with Gasteiger partial charge in [0.1, 0.15) is 17.2 Å². The molecule has 0 saturated heterocycles. The van der Waals surface area contributed by atoms with Gasteiger partial charge in [0.05, 0.1) is 28.1 Å². The fourth-order valence-electron chi connectivity index (χ4n) is 6.62. The normalized spacial score (nSPS) is 10.5. The molecule has 344 valence electrons. The number of carbonyl (C=O) groups is 5. The fourth-order valence-corrected chi connectivity index (χ4v) is 6.62. The Hall–Kier alpha value is -6.75. The molecule has 6 aromatic rings. The fraction of sp³-hybridized carbons (Fsp3) is 0.241. The smallest absolute Gasteiger partial charge is 0.412 e. The van der Waals surface area contributed by atoms with Gasteiger partial charge in [0.15, 0.2) is 0 Å². The van der Waals surface area contributed by atoms with Gasteiger partial charge in [-0.05, 0) is 142 Å². The van der Waals surface area contributed by atoms with Crippen LogP contribution < -0.4 is 21.7 Å². The van der Waals surface area contributed by atoms with E-state index >= 15 is 0 Å². The van der Waals surface area contributed by atoms with Gasteiger partial charge in [-0.3, -0.25) is 24.5 Å². The van der Waals surface area contributed by atoms with Crippen LogP contribution in [0.5, 0.6) is 0 Å². The third-order valence-electron chi connectivity index (χ3n) is 9.76. The number of Topliss-reactive ketones (excluding diaryl/α,β-unsaturated/α-hetero) is 2. The van der Waals surface area contributed by atoms with Gasteiger partial charge in [0.2, 0.25) is 0 Å². The van der Waals surface area contributed by atoms with Crippen molar-refractivity contribution in [1.29, 1.82) is 0 Å². The molecule has 66 heavy (non-hydrogen) atoms. The van der Waals surface area contributed by atoms with E-state index in [9.17, 15) is 24.0 Å².